The van der Waals surface area contributed by atoms with Crippen LogP contribution in [-0.4, -0.2) is 49.0 Å². The molecule has 3 rings (SSSR count). The second-order valence-corrected chi connectivity index (χ2v) is 8.88. The highest BCUT2D eigenvalue weighted by molar-refractivity contribution is 7.89. The van der Waals surface area contributed by atoms with Gasteiger partial charge in [0, 0.05) is 23.8 Å². The van der Waals surface area contributed by atoms with Gasteiger partial charge in [0.2, 0.25) is 15.9 Å². The molecule has 2 heterocycles. The third kappa shape index (κ3) is 4.45. The number of aryl methyl sites for hydroxylation is 1. The molecule has 1 aromatic carbocycles. The van der Waals surface area contributed by atoms with Gasteiger partial charge in [-0.3, -0.25) is 0 Å². The van der Waals surface area contributed by atoms with Crippen LogP contribution in [0.5, 0.6) is 11.9 Å². The fraction of sp³-hybridized carbons (Fsp3) is 0.412. The molecule has 27 heavy (non-hydrogen) atoms. The van der Waals surface area contributed by atoms with Gasteiger partial charge < -0.3 is 9.47 Å². The SMILES string of the molecule is COc1nccc(OC2CCCN(S(=O)(=O)c3cc(C)c(Cl)cc3Cl)C2)n1. The number of aromatic nitrogens is 2. The maximum atomic E-state index is 13.1. The number of benzene rings is 1. The van der Waals surface area contributed by atoms with Crippen LogP contribution in [0.3, 0.4) is 0 Å². The van der Waals surface area contributed by atoms with E-state index in [0.717, 1.165) is 0 Å². The van der Waals surface area contributed by atoms with Crippen molar-refractivity contribution >= 4 is 33.2 Å². The van der Waals surface area contributed by atoms with Gasteiger partial charge in [-0.05, 0) is 37.5 Å². The summed E-state index contributed by atoms with van der Waals surface area (Å²) in [7, 11) is -2.30. The highest BCUT2D eigenvalue weighted by atomic mass is 35.5. The smallest absolute Gasteiger partial charge is 0.319 e. The summed E-state index contributed by atoms with van der Waals surface area (Å²) in [5.74, 6) is 0.339. The van der Waals surface area contributed by atoms with Crippen molar-refractivity contribution in [2.45, 2.75) is 30.8 Å². The Bertz CT molecular complexity index is 940. The van der Waals surface area contributed by atoms with E-state index >= 15 is 0 Å². The van der Waals surface area contributed by atoms with Crippen LogP contribution in [0.25, 0.3) is 0 Å². The topological polar surface area (TPSA) is 81.6 Å². The number of sulfonamides is 1. The summed E-state index contributed by atoms with van der Waals surface area (Å²) in [5.41, 5.74) is 0.650. The molecule has 7 nitrogen and oxygen atoms in total. The number of rotatable bonds is 5. The van der Waals surface area contributed by atoms with Gasteiger partial charge in [-0.25, -0.2) is 13.4 Å². The molecule has 1 fully saturated rings. The van der Waals surface area contributed by atoms with Crippen molar-refractivity contribution in [2.75, 3.05) is 20.2 Å². The minimum Gasteiger partial charge on any atom is -0.473 e. The Balaban J connectivity index is 1.80. The number of hydrogen-bond donors (Lipinski definition) is 0. The fourth-order valence-electron chi connectivity index (χ4n) is 2.85. The van der Waals surface area contributed by atoms with Crippen LogP contribution in [0.1, 0.15) is 18.4 Å². The standard InChI is InChI=1S/C17H19Cl2N3O4S/c1-11-8-15(14(19)9-13(11)18)27(23,24)22-7-3-4-12(10-22)26-16-5-6-20-17(21-16)25-2/h5-6,8-9,12H,3-4,7,10H2,1-2H3. The Kier molecular flexibility index (Phi) is 6.10. The Morgan fingerprint density at radius 2 is 2.04 bits per heavy atom. The highest BCUT2D eigenvalue weighted by Crippen LogP contribution is 2.31. The number of piperidine rings is 1. The molecule has 0 bridgehead atoms. The summed E-state index contributed by atoms with van der Waals surface area (Å²) in [6.07, 6.45) is 2.57. The second-order valence-electron chi connectivity index (χ2n) is 6.16. The fourth-order valence-corrected chi connectivity index (χ4v) is 5.16. The van der Waals surface area contributed by atoms with Crippen molar-refractivity contribution < 1.29 is 17.9 Å². The summed E-state index contributed by atoms with van der Waals surface area (Å²) < 4.78 is 38.3. The van der Waals surface area contributed by atoms with Crippen LogP contribution in [0.4, 0.5) is 0 Å². The number of hydrogen-bond acceptors (Lipinski definition) is 6. The molecule has 2 aromatic rings. The maximum Gasteiger partial charge on any atom is 0.319 e. The number of nitrogens with zero attached hydrogens (tertiary/aromatic N) is 3. The number of halogens is 2. The lowest BCUT2D eigenvalue weighted by atomic mass is 10.1. The molecule has 146 valence electrons. The van der Waals surface area contributed by atoms with Gasteiger partial charge in [-0.2, -0.15) is 9.29 Å². The molecule has 0 amide bonds. The molecule has 1 aliphatic heterocycles. The normalized spacial score (nSPS) is 18.3. The quantitative estimate of drug-likeness (QED) is 0.721. The third-order valence-electron chi connectivity index (χ3n) is 4.25. The van der Waals surface area contributed by atoms with Gasteiger partial charge in [0.15, 0.2) is 0 Å². The lowest BCUT2D eigenvalue weighted by Gasteiger charge is -2.32. The van der Waals surface area contributed by atoms with E-state index in [-0.39, 0.29) is 28.6 Å². The van der Waals surface area contributed by atoms with Crippen LogP contribution in [-0.2, 0) is 10.0 Å². The summed E-state index contributed by atoms with van der Waals surface area (Å²) in [5, 5.41) is 0.533. The largest absolute Gasteiger partial charge is 0.473 e. The molecule has 1 aromatic heterocycles. The molecule has 1 unspecified atom stereocenters. The molecule has 0 N–H and O–H groups in total. The molecule has 0 aliphatic carbocycles. The first-order chi connectivity index (χ1) is 12.8. The van der Waals surface area contributed by atoms with Gasteiger partial charge in [-0.15, -0.1) is 0 Å². The molecular weight excluding hydrogens is 413 g/mol. The van der Waals surface area contributed by atoms with Crippen molar-refractivity contribution in [1.82, 2.24) is 14.3 Å². The summed E-state index contributed by atoms with van der Waals surface area (Å²) in [6, 6.07) is 4.75. The first-order valence-corrected chi connectivity index (χ1v) is 10.5. The molecule has 10 heteroatoms. The second kappa shape index (κ2) is 8.18. The van der Waals surface area contributed by atoms with Gasteiger partial charge in [0.25, 0.3) is 0 Å². The molecule has 0 saturated carbocycles. The van der Waals surface area contributed by atoms with E-state index in [1.807, 2.05) is 0 Å². The van der Waals surface area contributed by atoms with Gasteiger partial charge >= 0.3 is 6.01 Å². The molecule has 1 aliphatic rings. The van der Waals surface area contributed by atoms with E-state index in [9.17, 15) is 8.42 Å². The Hall–Kier alpha value is -1.61. The van der Waals surface area contributed by atoms with E-state index in [1.165, 1.54) is 29.7 Å². The number of methoxy groups -OCH3 is 1. The molecule has 0 spiro atoms. The predicted octanol–water partition coefficient (Wildman–Crippen LogP) is 3.33. The van der Waals surface area contributed by atoms with Crippen molar-refractivity contribution in [3.63, 3.8) is 0 Å². The highest BCUT2D eigenvalue weighted by Gasteiger charge is 2.33. The maximum absolute atomic E-state index is 13.1. The van der Waals surface area contributed by atoms with Gasteiger partial charge in [-0.1, -0.05) is 23.2 Å². The van der Waals surface area contributed by atoms with E-state index in [1.54, 1.807) is 13.0 Å². The molecule has 1 atom stereocenters. The van der Waals surface area contributed by atoms with Crippen LogP contribution in [0.15, 0.2) is 29.3 Å². The monoisotopic (exact) mass is 431 g/mol. The average molecular weight is 432 g/mol. The van der Waals surface area contributed by atoms with E-state index < -0.39 is 10.0 Å². The van der Waals surface area contributed by atoms with Crippen LogP contribution < -0.4 is 9.47 Å². The van der Waals surface area contributed by atoms with Crippen molar-refractivity contribution in [3.05, 3.63) is 40.0 Å². The predicted molar refractivity (Wildman–Crippen MR) is 102 cm³/mol. The van der Waals surface area contributed by atoms with Crippen molar-refractivity contribution in [3.8, 4) is 11.9 Å². The Morgan fingerprint density at radius 3 is 2.78 bits per heavy atom. The lowest BCUT2D eigenvalue weighted by molar-refractivity contribution is 0.123. The van der Waals surface area contributed by atoms with Gasteiger partial charge in [0.1, 0.15) is 11.0 Å². The van der Waals surface area contributed by atoms with E-state index in [2.05, 4.69) is 9.97 Å². The summed E-state index contributed by atoms with van der Waals surface area (Å²) >= 11 is 12.2. The van der Waals surface area contributed by atoms with Crippen LogP contribution in [0, 0.1) is 6.92 Å². The minimum absolute atomic E-state index is 0.0513. The average Bonchev–Trinajstić information content (AvgIpc) is 2.65. The van der Waals surface area contributed by atoms with Crippen LogP contribution >= 0.6 is 23.2 Å². The summed E-state index contributed by atoms with van der Waals surface area (Å²) in [6.45, 7) is 2.34. The lowest BCUT2D eigenvalue weighted by Crippen LogP contribution is -2.44. The Labute approximate surface area is 168 Å². The first kappa shape index (κ1) is 20.1. The van der Waals surface area contributed by atoms with Crippen molar-refractivity contribution in [1.29, 1.82) is 0 Å². The zero-order valence-electron chi connectivity index (χ0n) is 14.9. The zero-order valence-corrected chi connectivity index (χ0v) is 17.2. The number of ether oxygens (including phenoxy) is 2. The van der Waals surface area contributed by atoms with E-state index in [4.69, 9.17) is 32.7 Å². The van der Waals surface area contributed by atoms with E-state index in [0.29, 0.717) is 35.9 Å². The molecular formula is C17H19Cl2N3O4S. The molecule has 0 radical (unpaired) electrons. The first-order valence-electron chi connectivity index (χ1n) is 8.30. The Morgan fingerprint density at radius 1 is 1.26 bits per heavy atom. The summed E-state index contributed by atoms with van der Waals surface area (Å²) in [4.78, 5) is 8.08. The van der Waals surface area contributed by atoms with Crippen LogP contribution in [0.2, 0.25) is 10.0 Å². The zero-order chi connectivity index (χ0) is 19.6. The molecule has 1 saturated heterocycles. The minimum atomic E-state index is -3.76. The third-order valence-corrected chi connectivity index (χ3v) is 6.99. The van der Waals surface area contributed by atoms with Crippen molar-refractivity contribution in [2.24, 2.45) is 0 Å². The van der Waals surface area contributed by atoms with Gasteiger partial charge in [0.05, 0.1) is 18.7 Å².